The van der Waals surface area contributed by atoms with E-state index < -0.39 is 0 Å². The second kappa shape index (κ2) is 7.28. The lowest BCUT2D eigenvalue weighted by molar-refractivity contribution is -0.918. The van der Waals surface area contributed by atoms with E-state index in [0.717, 1.165) is 16.6 Å². The molecule has 22 heavy (non-hydrogen) atoms. The van der Waals surface area contributed by atoms with Crippen LogP contribution in [-0.4, -0.2) is 43.2 Å². The first kappa shape index (κ1) is 17.0. The predicted molar refractivity (Wildman–Crippen MR) is 89.9 cm³/mol. The molecule has 1 aromatic carbocycles. The molecular weight excluding hydrogens is 274 g/mol. The molecule has 1 saturated carbocycles. The van der Waals surface area contributed by atoms with Crippen LogP contribution in [0, 0.1) is 6.92 Å². The summed E-state index contributed by atoms with van der Waals surface area (Å²) in [4.78, 5) is 12.3. The summed E-state index contributed by atoms with van der Waals surface area (Å²) in [7, 11) is 4.54. The van der Waals surface area contributed by atoms with Gasteiger partial charge in [-0.25, -0.2) is 4.79 Å². The fraction of sp³-hybridized carbons (Fsp3) is 0.632. The van der Waals surface area contributed by atoms with Crippen LogP contribution in [0.25, 0.3) is 0 Å². The second-order valence-electron chi connectivity index (χ2n) is 7.28. The van der Waals surface area contributed by atoms with E-state index in [2.05, 4.69) is 14.1 Å². The maximum Gasteiger partial charge on any atom is 0.338 e. The molecule has 0 spiro atoms. The van der Waals surface area contributed by atoms with Crippen molar-refractivity contribution in [1.29, 1.82) is 0 Å². The lowest BCUT2D eigenvalue weighted by Crippen LogP contribution is -2.53. The first-order valence-corrected chi connectivity index (χ1v) is 8.49. The van der Waals surface area contributed by atoms with Crippen LogP contribution < -0.4 is 0 Å². The summed E-state index contributed by atoms with van der Waals surface area (Å²) in [6, 6.07) is 8.32. The molecule has 0 amide bonds. The minimum absolute atomic E-state index is 0.0657. The molecule has 0 aliphatic heterocycles. The lowest BCUT2D eigenvalue weighted by Gasteiger charge is -2.41. The van der Waals surface area contributed by atoms with Gasteiger partial charge >= 0.3 is 5.97 Å². The standard InChI is InChI=1S/C19H30NO2/c1-15-10-8-9-13-18(15)19(21)22-16(2)14-20(3,4)17-11-6-5-7-12-17/h8-10,13,16-17H,5-7,11-12,14H2,1-4H3/q+1. The van der Waals surface area contributed by atoms with E-state index in [1.165, 1.54) is 32.1 Å². The third-order valence-electron chi connectivity index (χ3n) is 4.96. The number of esters is 1. The normalized spacial score (nSPS) is 18.0. The Morgan fingerprint density at radius 1 is 1.23 bits per heavy atom. The molecular formula is C19H30NO2+. The highest BCUT2D eigenvalue weighted by atomic mass is 16.5. The molecule has 1 fully saturated rings. The number of carbonyl (C=O) groups is 1. The molecule has 0 bridgehead atoms. The largest absolute Gasteiger partial charge is 0.453 e. The van der Waals surface area contributed by atoms with Gasteiger partial charge in [0.15, 0.2) is 0 Å². The fourth-order valence-corrected chi connectivity index (χ4v) is 3.68. The Morgan fingerprint density at radius 3 is 2.50 bits per heavy atom. The number of hydrogen-bond donors (Lipinski definition) is 0. The topological polar surface area (TPSA) is 26.3 Å². The number of ether oxygens (including phenoxy) is 1. The van der Waals surface area contributed by atoms with Crippen molar-refractivity contribution in [3.8, 4) is 0 Å². The van der Waals surface area contributed by atoms with Crippen LogP contribution in [-0.2, 0) is 4.74 Å². The molecule has 0 N–H and O–H groups in total. The molecule has 1 atom stereocenters. The highest BCUT2D eigenvalue weighted by Gasteiger charge is 2.32. The molecule has 3 nitrogen and oxygen atoms in total. The van der Waals surface area contributed by atoms with E-state index in [4.69, 9.17) is 4.74 Å². The smallest absolute Gasteiger partial charge is 0.338 e. The van der Waals surface area contributed by atoms with Crippen molar-refractivity contribution in [2.24, 2.45) is 0 Å². The number of nitrogens with zero attached hydrogens (tertiary/aromatic N) is 1. The van der Waals surface area contributed by atoms with E-state index in [1.807, 2.05) is 38.1 Å². The summed E-state index contributed by atoms with van der Waals surface area (Å²) >= 11 is 0. The minimum Gasteiger partial charge on any atom is -0.453 e. The quantitative estimate of drug-likeness (QED) is 0.608. The van der Waals surface area contributed by atoms with Gasteiger partial charge in [0.25, 0.3) is 0 Å². The monoisotopic (exact) mass is 304 g/mol. The highest BCUT2D eigenvalue weighted by Crippen LogP contribution is 2.26. The van der Waals surface area contributed by atoms with E-state index >= 15 is 0 Å². The predicted octanol–water partition coefficient (Wildman–Crippen LogP) is 3.95. The number of benzene rings is 1. The van der Waals surface area contributed by atoms with Gasteiger partial charge in [-0.2, -0.15) is 0 Å². The Labute approximate surface area is 134 Å². The van der Waals surface area contributed by atoms with Crippen LogP contribution in [0.4, 0.5) is 0 Å². The van der Waals surface area contributed by atoms with Crippen LogP contribution in [0.1, 0.15) is 54.9 Å². The molecule has 122 valence electrons. The molecule has 2 rings (SSSR count). The van der Waals surface area contributed by atoms with Gasteiger partial charge in [0.2, 0.25) is 0 Å². The Kier molecular flexibility index (Phi) is 5.63. The van der Waals surface area contributed by atoms with Crippen LogP contribution in [0.5, 0.6) is 0 Å². The van der Waals surface area contributed by atoms with Gasteiger partial charge in [-0.1, -0.05) is 24.6 Å². The first-order chi connectivity index (χ1) is 10.4. The summed E-state index contributed by atoms with van der Waals surface area (Å²) < 4.78 is 6.64. The molecule has 0 aromatic heterocycles. The van der Waals surface area contributed by atoms with Crippen molar-refractivity contribution in [3.05, 3.63) is 35.4 Å². The van der Waals surface area contributed by atoms with Crippen LogP contribution in [0.3, 0.4) is 0 Å². The SMILES string of the molecule is Cc1ccccc1C(=O)OC(C)C[N+](C)(C)C1CCCCC1. The molecule has 1 aromatic rings. The molecule has 1 aliphatic carbocycles. The zero-order chi connectivity index (χ0) is 16.2. The lowest BCUT2D eigenvalue weighted by atomic mass is 9.93. The number of carbonyl (C=O) groups excluding carboxylic acids is 1. The molecule has 1 aliphatic rings. The summed E-state index contributed by atoms with van der Waals surface area (Å²) in [5.74, 6) is -0.200. The molecule has 3 heteroatoms. The van der Waals surface area contributed by atoms with Gasteiger partial charge in [0, 0.05) is 0 Å². The summed E-state index contributed by atoms with van der Waals surface area (Å²) in [6.07, 6.45) is 6.57. The summed E-state index contributed by atoms with van der Waals surface area (Å²) in [6.45, 7) is 4.84. The average molecular weight is 304 g/mol. The highest BCUT2D eigenvalue weighted by molar-refractivity contribution is 5.91. The maximum absolute atomic E-state index is 12.3. The second-order valence-corrected chi connectivity index (χ2v) is 7.28. The van der Waals surface area contributed by atoms with Gasteiger partial charge < -0.3 is 9.22 Å². The number of likely N-dealkylation sites (N-methyl/N-ethyl adjacent to an activating group) is 1. The van der Waals surface area contributed by atoms with Crippen molar-refractivity contribution in [1.82, 2.24) is 0 Å². The van der Waals surface area contributed by atoms with Crippen LogP contribution in [0.2, 0.25) is 0 Å². The number of aryl methyl sites for hydroxylation is 1. The Morgan fingerprint density at radius 2 is 1.86 bits per heavy atom. The molecule has 1 unspecified atom stereocenters. The van der Waals surface area contributed by atoms with Crippen molar-refractivity contribution < 1.29 is 14.0 Å². The zero-order valence-corrected chi connectivity index (χ0v) is 14.5. The van der Waals surface area contributed by atoms with E-state index in [0.29, 0.717) is 11.6 Å². The van der Waals surface area contributed by atoms with Gasteiger partial charge in [0.1, 0.15) is 12.6 Å². The number of hydrogen-bond acceptors (Lipinski definition) is 2. The summed E-state index contributed by atoms with van der Waals surface area (Å²) in [5, 5.41) is 0. The van der Waals surface area contributed by atoms with E-state index in [-0.39, 0.29) is 12.1 Å². The third kappa shape index (κ3) is 4.33. The first-order valence-electron chi connectivity index (χ1n) is 8.49. The third-order valence-corrected chi connectivity index (χ3v) is 4.96. The van der Waals surface area contributed by atoms with E-state index in [9.17, 15) is 4.79 Å². The van der Waals surface area contributed by atoms with Crippen molar-refractivity contribution >= 4 is 5.97 Å². The fourth-order valence-electron chi connectivity index (χ4n) is 3.68. The molecule has 0 saturated heterocycles. The summed E-state index contributed by atoms with van der Waals surface area (Å²) in [5.41, 5.74) is 1.65. The molecule has 0 heterocycles. The number of quaternary nitrogens is 1. The Bertz CT molecular complexity index is 504. The van der Waals surface area contributed by atoms with Crippen molar-refractivity contribution in [3.63, 3.8) is 0 Å². The van der Waals surface area contributed by atoms with Gasteiger partial charge in [-0.3, -0.25) is 0 Å². The number of rotatable bonds is 5. The Balaban J connectivity index is 1.93. The van der Waals surface area contributed by atoms with Gasteiger partial charge in [-0.15, -0.1) is 0 Å². The van der Waals surface area contributed by atoms with Crippen LogP contribution in [0.15, 0.2) is 24.3 Å². The maximum atomic E-state index is 12.3. The minimum atomic E-state index is -0.200. The molecule has 0 radical (unpaired) electrons. The average Bonchev–Trinajstić information content (AvgIpc) is 2.47. The zero-order valence-electron chi connectivity index (χ0n) is 14.5. The van der Waals surface area contributed by atoms with Crippen molar-refractivity contribution in [2.45, 2.75) is 58.1 Å². The van der Waals surface area contributed by atoms with Gasteiger partial charge in [0.05, 0.1) is 25.7 Å². The Hall–Kier alpha value is -1.35. The van der Waals surface area contributed by atoms with Crippen LogP contribution >= 0.6 is 0 Å². The van der Waals surface area contributed by atoms with Crippen molar-refractivity contribution in [2.75, 3.05) is 20.6 Å². The van der Waals surface area contributed by atoms with E-state index in [1.54, 1.807) is 0 Å². The van der Waals surface area contributed by atoms with Gasteiger partial charge in [-0.05, 0) is 51.2 Å².